The smallest absolute Gasteiger partial charge is 0.195 e. The fourth-order valence-corrected chi connectivity index (χ4v) is 10.1. The Morgan fingerprint density at radius 1 is 0.390 bits per heavy atom. The summed E-state index contributed by atoms with van der Waals surface area (Å²) in [5.41, 5.74) is 14.8. The third-order valence-corrected chi connectivity index (χ3v) is 13.6. The highest BCUT2D eigenvalue weighted by molar-refractivity contribution is 6.12. The lowest BCUT2D eigenvalue weighted by Gasteiger charge is -2.26. The minimum absolute atomic E-state index is 0.325. The Morgan fingerprint density at radius 2 is 0.870 bits per heavy atom. The molecule has 0 aliphatic carbocycles. The Kier molecular flexibility index (Phi) is 12.3. The second-order valence-electron chi connectivity index (χ2n) is 18.2. The molecule has 2 aromatic heterocycles. The molecule has 0 aliphatic heterocycles. The molecule has 9 heteroatoms. The zero-order chi connectivity index (χ0) is 52.2. The number of nitriles is 1. The summed E-state index contributed by atoms with van der Waals surface area (Å²) in [4.78, 5) is 25.7. The predicted molar refractivity (Wildman–Crippen MR) is 311 cm³/mol. The molecule has 0 bridgehead atoms. The molecule has 0 atom stereocenters. The molecule has 9 nitrogen and oxygen atoms in total. The lowest BCUT2D eigenvalue weighted by atomic mass is 9.95. The largest absolute Gasteiger partial charge is 0.310 e. The Bertz CT molecular complexity index is 4080. The minimum atomic E-state index is 0.325. The van der Waals surface area contributed by atoms with Crippen molar-refractivity contribution in [2.75, 3.05) is 9.80 Å². The number of nitrogens with zero attached hydrogens (tertiary/aromatic N) is 9. The van der Waals surface area contributed by atoms with E-state index in [-0.39, 0.29) is 0 Å². The van der Waals surface area contributed by atoms with Crippen LogP contribution in [0.3, 0.4) is 0 Å². The summed E-state index contributed by atoms with van der Waals surface area (Å²) < 4.78 is 2.29. The quantitative estimate of drug-likeness (QED) is 0.121. The van der Waals surface area contributed by atoms with Crippen LogP contribution in [0.25, 0.3) is 87.1 Å². The van der Waals surface area contributed by atoms with Crippen molar-refractivity contribution in [2.24, 2.45) is 0 Å². The van der Waals surface area contributed by atoms with Gasteiger partial charge in [-0.3, -0.25) is 0 Å². The summed E-state index contributed by atoms with van der Waals surface area (Å²) in [7, 11) is 0. The summed E-state index contributed by atoms with van der Waals surface area (Å²) in [6.07, 6.45) is 0. The number of rotatable bonds is 11. The van der Waals surface area contributed by atoms with Crippen molar-refractivity contribution in [3.8, 4) is 56.8 Å². The maximum atomic E-state index is 10.8. The minimum Gasteiger partial charge on any atom is -0.310 e. The summed E-state index contributed by atoms with van der Waals surface area (Å²) >= 11 is 0. The van der Waals surface area contributed by atoms with Crippen LogP contribution in [-0.2, 0) is 0 Å². The summed E-state index contributed by atoms with van der Waals surface area (Å²) in [6.45, 7) is 23.7. The highest BCUT2D eigenvalue weighted by atomic mass is 15.1. The van der Waals surface area contributed by atoms with Crippen molar-refractivity contribution in [1.29, 1.82) is 5.26 Å². The molecule has 10 aromatic carbocycles. The van der Waals surface area contributed by atoms with E-state index in [9.17, 15) is 5.26 Å². The molecule has 0 radical (unpaired) electrons. The van der Waals surface area contributed by atoms with Crippen molar-refractivity contribution >= 4 is 73.0 Å². The lowest BCUT2D eigenvalue weighted by molar-refractivity contribution is 1.18. The van der Waals surface area contributed by atoms with Crippen LogP contribution in [0, 0.1) is 31.0 Å². The van der Waals surface area contributed by atoms with Gasteiger partial charge < -0.3 is 14.4 Å². The monoisotopic (exact) mass is 983 g/mol. The van der Waals surface area contributed by atoms with Gasteiger partial charge in [-0.15, -0.1) is 0 Å². The van der Waals surface area contributed by atoms with Gasteiger partial charge in [-0.25, -0.2) is 24.5 Å². The maximum Gasteiger partial charge on any atom is 0.195 e. The summed E-state index contributed by atoms with van der Waals surface area (Å²) in [6, 6.07) is 85.0. The molecule has 0 amide bonds. The number of aromatic nitrogens is 3. The number of fused-ring (bicyclic) bond motifs is 3. The normalized spacial score (nSPS) is 10.8. The first kappa shape index (κ1) is 46.7. The van der Waals surface area contributed by atoms with Gasteiger partial charge in [0.2, 0.25) is 0 Å². The molecule has 12 rings (SSSR count). The fraction of sp³-hybridized carbons (Fsp3) is 0. The van der Waals surface area contributed by atoms with E-state index in [4.69, 9.17) is 29.7 Å². The number of anilines is 6. The average Bonchev–Trinajstić information content (AvgIpc) is 3.98. The highest BCUT2D eigenvalue weighted by Gasteiger charge is 2.22. The highest BCUT2D eigenvalue weighted by Crippen LogP contribution is 2.44. The molecule has 0 N–H and O–H groups in total. The molecule has 0 aliphatic rings. The lowest BCUT2D eigenvalue weighted by Crippen LogP contribution is -2.09. The first-order chi connectivity index (χ1) is 38.0. The summed E-state index contributed by atoms with van der Waals surface area (Å²) in [5, 5.41) is 13.0. The average molecular weight is 984 g/mol. The van der Waals surface area contributed by atoms with Gasteiger partial charge in [0.15, 0.2) is 22.9 Å². The van der Waals surface area contributed by atoms with Gasteiger partial charge in [0.05, 0.1) is 53.8 Å². The van der Waals surface area contributed by atoms with E-state index >= 15 is 0 Å². The molecule has 0 saturated carbocycles. The van der Waals surface area contributed by atoms with Crippen LogP contribution in [0.1, 0.15) is 5.56 Å². The van der Waals surface area contributed by atoms with Crippen LogP contribution < -0.4 is 9.80 Å². The predicted octanol–water partition coefficient (Wildman–Crippen LogP) is 18.7. The van der Waals surface area contributed by atoms with E-state index in [0.29, 0.717) is 62.1 Å². The van der Waals surface area contributed by atoms with E-state index in [1.807, 2.05) is 48.5 Å². The molecule has 0 fully saturated rings. The van der Waals surface area contributed by atoms with Crippen LogP contribution in [0.2, 0.25) is 0 Å². The van der Waals surface area contributed by atoms with E-state index < -0.39 is 0 Å². The SMILES string of the molecule is [C-]#[N+]c1cccc(-c2cc(-c3cc([N+]#[C-])c(-c4ccc(-n5c6ccc(N(c7ccccc7)c7ccccc7)cc6c6cc(N(c7ccccc7)c7ccccc7)ccc65)cc4)cc3C#N)nc(-c3cccc([N+]#[C-])c3)n2)c1. The Balaban J connectivity index is 0.993. The molecule has 0 unspecified atom stereocenters. The van der Waals surface area contributed by atoms with Crippen LogP contribution in [0.5, 0.6) is 0 Å². The Labute approximate surface area is 445 Å². The second-order valence-corrected chi connectivity index (χ2v) is 18.2. The van der Waals surface area contributed by atoms with Gasteiger partial charge in [-0.1, -0.05) is 121 Å². The maximum absolute atomic E-state index is 10.8. The molecule has 0 spiro atoms. The van der Waals surface area contributed by atoms with E-state index in [0.717, 1.165) is 67.2 Å². The molecule has 2 heterocycles. The topological polar surface area (TPSA) is 74.1 Å². The zero-order valence-corrected chi connectivity index (χ0v) is 41.2. The zero-order valence-electron chi connectivity index (χ0n) is 41.2. The van der Waals surface area contributed by atoms with Gasteiger partial charge in [0.25, 0.3) is 0 Å². The van der Waals surface area contributed by atoms with Crippen LogP contribution >= 0.6 is 0 Å². The Hall–Kier alpha value is -11.4. The van der Waals surface area contributed by atoms with Crippen molar-refractivity contribution in [2.45, 2.75) is 0 Å². The molecular weight excluding hydrogens is 943 g/mol. The van der Waals surface area contributed by atoms with Gasteiger partial charge in [-0.2, -0.15) is 5.26 Å². The molecule has 0 saturated heterocycles. The van der Waals surface area contributed by atoms with Gasteiger partial charge in [-0.05, 0) is 144 Å². The van der Waals surface area contributed by atoms with Gasteiger partial charge in [0.1, 0.15) is 0 Å². The molecule has 77 heavy (non-hydrogen) atoms. The van der Waals surface area contributed by atoms with E-state index in [1.165, 1.54) is 0 Å². The van der Waals surface area contributed by atoms with E-state index in [1.54, 1.807) is 54.6 Å². The third kappa shape index (κ3) is 8.92. The van der Waals surface area contributed by atoms with Crippen molar-refractivity contribution in [3.05, 3.63) is 289 Å². The number of para-hydroxylation sites is 4. The standard InChI is InChI=1S/C68H41N9/c1-70-50-20-16-18-47(38-50)63-44-65(74-68(73-63)48-19-17-21-51(39-48)71-2)60-43-64(72-3)59(40-49(60)45-69)46-30-32-56(33-31-46)77-66-36-34-57(75(52-22-8-4-9-23-52)53-24-10-5-11-25-53)41-61(66)62-42-58(35-37-67(62)77)76(54-26-12-6-13-27-54)55-28-14-7-15-29-55/h4-44H. The van der Waals surface area contributed by atoms with Crippen molar-refractivity contribution in [1.82, 2.24) is 14.5 Å². The third-order valence-electron chi connectivity index (χ3n) is 13.6. The Morgan fingerprint density at radius 3 is 1.35 bits per heavy atom. The molecule has 358 valence electrons. The fourth-order valence-electron chi connectivity index (χ4n) is 10.1. The van der Waals surface area contributed by atoms with Crippen LogP contribution in [0.15, 0.2) is 249 Å². The van der Waals surface area contributed by atoms with Crippen molar-refractivity contribution in [3.63, 3.8) is 0 Å². The van der Waals surface area contributed by atoms with Crippen LogP contribution in [0.4, 0.5) is 51.2 Å². The van der Waals surface area contributed by atoms with Crippen molar-refractivity contribution < 1.29 is 0 Å². The number of benzene rings is 10. The molecule has 12 aromatic rings. The summed E-state index contributed by atoms with van der Waals surface area (Å²) in [5.74, 6) is 0.344. The molecular formula is C68H41N9. The number of hydrogen-bond acceptors (Lipinski definition) is 5. The van der Waals surface area contributed by atoms with Gasteiger partial charge in [0, 0.05) is 61.7 Å². The van der Waals surface area contributed by atoms with Crippen LogP contribution in [-0.4, -0.2) is 14.5 Å². The van der Waals surface area contributed by atoms with Gasteiger partial charge >= 0.3 is 0 Å². The second kappa shape index (κ2) is 20.3. The first-order valence-electron chi connectivity index (χ1n) is 24.8. The van der Waals surface area contributed by atoms with E-state index in [2.05, 4.69) is 181 Å². The first-order valence-corrected chi connectivity index (χ1v) is 24.8. The number of hydrogen-bond donors (Lipinski definition) is 0.